The Morgan fingerprint density at radius 2 is 2.10 bits per heavy atom. The van der Waals surface area contributed by atoms with Gasteiger partial charge in [0.25, 0.3) is 0 Å². The van der Waals surface area contributed by atoms with Crippen LogP contribution >= 0.6 is 0 Å². The first kappa shape index (κ1) is 26.3. The molecule has 2 aliphatic carbocycles. The lowest BCUT2D eigenvalue weighted by atomic mass is 9.90. The zero-order chi connectivity index (χ0) is 27.8. The molecule has 0 saturated heterocycles. The number of halogens is 1. The number of aryl methyl sites for hydroxylation is 2. The van der Waals surface area contributed by atoms with Crippen LogP contribution < -0.4 is 15.7 Å². The molecule has 0 aliphatic heterocycles. The third-order valence-electron chi connectivity index (χ3n) is 8.15. The van der Waals surface area contributed by atoms with E-state index in [4.69, 9.17) is 9.72 Å². The summed E-state index contributed by atoms with van der Waals surface area (Å²) in [6, 6.07) is 11.0. The first-order valence-corrected chi connectivity index (χ1v) is 14.3. The Bertz CT molecular complexity index is 1590. The number of nitrogens with one attached hydrogen (secondary N) is 2. The number of pyridine rings is 1. The third-order valence-corrected chi connectivity index (χ3v) is 8.15. The lowest BCUT2D eigenvalue weighted by molar-refractivity contribution is 0.192. The molecule has 4 aromatic rings. The Morgan fingerprint density at radius 1 is 1.27 bits per heavy atom. The summed E-state index contributed by atoms with van der Waals surface area (Å²) >= 11 is 0. The molecule has 1 aromatic carbocycles. The van der Waals surface area contributed by atoms with Gasteiger partial charge < -0.3 is 19.6 Å². The summed E-state index contributed by atoms with van der Waals surface area (Å²) in [7, 11) is 3.74. The third kappa shape index (κ3) is 5.29. The Kier molecular flexibility index (Phi) is 7.21. The van der Waals surface area contributed by atoms with E-state index in [1.807, 2.05) is 45.4 Å². The highest BCUT2D eigenvalue weighted by molar-refractivity contribution is 5.79. The number of anilines is 1. The van der Waals surface area contributed by atoms with Gasteiger partial charge in [0, 0.05) is 37.6 Å². The van der Waals surface area contributed by atoms with E-state index in [9.17, 15) is 4.39 Å². The molecule has 8 nitrogen and oxygen atoms in total. The van der Waals surface area contributed by atoms with Gasteiger partial charge in [-0.1, -0.05) is 12.7 Å². The normalized spacial score (nSPS) is 19.9. The van der Waals surface area contributed by atoms with Gasteiger partial charge in [0.1, 0.15) is 6.17 Å². The number of nitrogens with zero attached hydrogens (tertiary/aromatic N) is 5. The second-order valence-corrected chi connectivity index (χ2v) is 11.2. The van der Waals surface area contributed by atoms with Crippen LogP contribution in [-0.2, 0) is 7.05 Å². The molecule has 9 heteroatoms. The molecule has 2 fully saturated rings. The summed E-state index contributed by atoms with van der Waals surface area (Å²) < 4.78 is 23.8. The molecule has 210 valence electrons. The first-order chi connectivity index (χ1) is 19.4. The molecule has 0 amide bonds. The van der Waals surface area contributed by atoms with Crippen molar-refractivity contribution < 1.29 is 9.13 Å². The topological polar surface area (TPSA) is 85.0 Å². The number of benzene rings is 1. The number of rotatable bonds is 11. The van der Waals surface area contributed by atoms with Crippen LogP contribution in [0.1, 0.15) is 55.8 Å². The highest BCUT2D eigenvalue weighted by Gasteiger charge is 2.34. The Hall–Kier alpha value is -3.88. The smallest absolute Gasteiger partial charge is 0.221 e. The minimum Gasteiger partial charge on any atom is -0.477 e. The number of aromatic nitrogens is 5. The average Bonchev–Trinajstić information content (AvgIpc) is 3.61. The summed E-state index contributed by atoms with van der Waals surface area (Å²) in [5.74, 6) is 1.37. The number of fused-ring (bicyclic) bond motifs is 1. The van der Waals surface area contributed by atoms with Gasteiger partial charge in [0.15, 0.2) is 0 Å². The summed E-state index contributed by atoms with van der Waals surface area (Å²) in [6.45, 7) is 6.47. The standard InChI is InChI=1S/C31H38FN7O/c1-5-20-13-19(2)35-26(14-20)25-18-34-38(4)30(25)40-12-6-7-28(21-8-9-21)39-29-11-10-23(36-24-15-22(32)16-24)17-27(29)37-31(39)33-3/h5,10-11,13-14,17-18,21-22,24,28,36H,1,6-9,12,15-16H2,2-4H3,(H,33,37). The van der Waals surface area contributed by atoms with E-state index in [2.05, 4.69) is 49.7 Å². The van der Waals surface area contributed by atoms with Crippen molar-refractivity contribution in [3.05, 3.63) is 60.0 Å². The fraction of sp³-hybridized carbons (Fsp3) is 0.452. The predicted molar refractivity (Wildman–Crippen MR) is 157 cm³/mol. The molecule has 1 unspecified atom stereocenters. The number of imidazole rings is 1. The van der Waals surface area contributed by atoms with Gasteiger partial charge >= 0.3 is 0 Å². The summed E-state index contributed by atoms with van der Waals surface area (Å²) in [4.78, 5) is 12.8. The Balaban J connectivity index is 1.17. The molecule has 3 aromatic heterocycles. The van der Waals surface area contributed by atoms with Crippen LogP contribution in [0.15, 0.2) is 48.1 Å². The Labute approximate surface area is 234 Å². The molecule has 2 aliphatic rings. The fourth-order valence-corrected chi connectivity index (χ4v) is 5.87. The van der Waals surface area contributed by atoms with Crippen molar-refractivity contribution in [3.63, 3.8) is 0 Å². The number of hydrogen-bond acceptors (Lipinski definition) is 5. The molecule has 3 heterocycles. The second-order valence-electron chi connectivity index (χ2n) is 11.2. The number of aromatic amines is 1. The molecule has 2 N–H and O–H groups in total. The van der Waals surface area contributed by atoms with Crippen LogP contribution in [0.4, 0.5) is 10.1 Å². The van der Waals surface area contributed by atoms with Crippen molar-refractivity contribution in [2.45, 2.75) is 63.7 Å². The van der Waals surface area contributed by atoms with E-state index in [0.29, 0.717) is 31.4 Å². The molecule has 1 atom stereocenters. The van der Waals surface area contributed by atoms with Gasteiger partial charge in [-0.15, -0.1) is 0 Å². The van der Waals surface area contributed by atoms with E-state index in [0.717, 1.165) is 63.6 Å². The molecule has 0 radical (unpaired) electrons. The molecule has 0 bridgehead atoms. The number of ether oxygens (including phenoxy) is 1. The van der Waals surface area contributed by atoms with Crippen LogP contribution in [0.3, 0.4) is 0 Å². The first-order valence-electron chi connectivity index (χ1n) is 14.3. The van der Waals surface area contributed by atoms with E-state index in [1.54, 1.807) is 4.68 Å². The van der Waals surface area contributed by atoms with Crippen LogP contribution in [-0.4, -0.2) is 50.2 Å². The fourth-order valence-electron chi connectivity index (χ4n) is 5.87. The predicted octanol–water partition coefficient (Wildman–Crippen LogP) is 5.97. The summed E-state index contributed by atoms with van der Waals surface area (Å²) in [6.07, 6.45) is 8.50. The van der Waals surface area contributed by atoms with Gasteiger partial charge in [-0.05, 0) is 87.3 Å². The quantitative estimate of drug-likeness (QED) is 0.228. The zero-order valence-electron chi connectivity index (χ0n) is 23.5. The van der Waals surface area contributed by atoms with Gasteiger partial charge in [-0.2, -0.15) is 5.10 Å². The maximum Gasteiger partial charge on any atom is 0.221 e. The maximum absolute atomic E-state index is 13.3. The molecule has 2 saturated carbocycles. The monoisotopic (exact) mass is 543 g/mol. The molecular weight excluding hydrogens is 505 g/mol. The van der Waals surface area contributed by atoms with Gasteiger partial charge in [-0.25, -0.2) is 9.07 Å². The summed E-state index contributed by atoms with van der Waals surface area (Å²) in [5, 5.41) is 7.91. The number of H-pyrrole nitrogens is 1. The van der Waals surface area contributed by atoms with Gasteiger partial charge in [0.05, 0.1) is 35.1 Å². The van der Waals surface area contributed by atoms with Crippen LogP contribution in [0.5, 0.6) is 5.88 Å². The molecular formula is C31H38FN7O. The van der Waals surface area contributed by atoms with Crippen molar-refractivity contribution in [1.29, 1.82) is 0 Å². The van der Waals surface area contributed by atoms with E-state index in [1.165, 1.54) is 12.8 Å². The van der Waals surface area contributed by atoms with Crippen LogP contribution in [0, 0.1) is 12.8 Å². The second kappa shape index (κ2) is 10.9. The highest BCUT2D eigenvalue weighted by atomic mass is 19.1. The van der Waals surface area contributed by atoms with E-state index in [-0.39, 0.29) is 6.04 Å². The number of hydrogen-bond donors (Lipinski definition) is 2. The van der Waals surface area contributed by atoms with Crippen molar-refractivity contribution in [1.82, 2.24) is 24.3 Å². The maximum atomic E-state index is 13.3. The van der Waals surface area contributed by atoms with E-state index < -0.39 is 6.17 Å². The lowest BCUT2D eigenvalue weighted by Gasteiger charge is -2.31. The minimum absolute atomic E-state index is 0.217. The van der Waals surface area contributed by atoms with Crippen molar-refractivity contribution in [2.75, 3.05) is 19.0 Å². The van der Waals surface area contributed by atoms with Gasteiger partial charge in [0.2, 0.25) is 11.5 Å². The average molecular weight is 544 g/mol. The Morgan fingerprint density at radius 3 is 2.83 bits per heavy atom. The minimum atomic E-state index is -0.670. The van der Waals surface area contributed by atoms with Crippen LogP contribution in [0.25, 0.3) is 28.4 Å². The van der Waals surface area contributed by atoms with E-state index >= 15 is 0 Å². The lowest BCUT2D eigenvalue weighted by Crippen LogP contribution is -2.36. The van der Waals surface area contributed by atoms with Crippen LogP contribution in [0.2, 0.25) is 0 Å². The number of alkyl halides is 1. The summed E-state index contributed by atoms with van der Waals surface area (Å²) in [5.41, 5.74) is 7.79. The highest BCUT2D eigenvalue weighted by Crippen LogP contribution is 2.43. The molecule has 6 rings (SSSR count). The van der Waals surface area contributed by atoms with Gasteiger partial charge in [-0.3, -0.25) is 9.98 Å². The van der Waals surface area contributed by atoms with Crippen molar-refractivity contribution >= 4 is 22.8 Å². The largest absolute Gasteiger partial charge is 0.477 e. The zero-order valence-corrected chi connectivity index (χ0v) is 23.5. The molecule has 40 heavy (non-hydrogen) atoms. The van der Waals surface area contributed by atoms with Crippen molar-refractivity contribution in [2.24, 2.45) is 18.0 Å². The SMILES string of the molecule is C=Cc1cc(C)nc(-c2cnn(C)c2OCCCC(C2CC2)n2/c(=N/C)[nH]c3cc(NC4CC(F)C4)ccc32)c1. The van der Waals surface area contributed by atoms with Crippen molar-refractivity contribution in [3.8, 4) is 17.1 Å². The molecule has 0 spiro atoms.